The Kier molecular flexibility index (Phi) is 5.49. The molecule has 1 heterocycles. The number of carbonyl (C=O) groups excluding carboxylic acids is 1. The number of anilines is 1. The predicted molar refractivity (Wildman–Crippen MR) is 91.0 cm³/mol. The number of furan rings is 1. The number of nitrogens with one attached hydrogen (secondary N) is 2. The number of carbonyl (C=O) groups is 1. The minimum Gasteiger partial charge on any atom is -0.467 e. The molecular weight excluding hydrogens is 368 g/mol. The number of rotatable bonds is 5. The highest BCUT2D eigenvalue weighted by Crippen LogP contribution is 2.25. The van der Waals surface area contributed by atoms with E-state index in [9.17, 15) is 22.0 Å². The highest BCUT2D eigenvalue weighted by molar-refractivity contribution is 7.89. The number of hydrogen-bond acceptors (Lipinski definition) is 5. The summed E-state index contributed by atoms with van der Waals surface area (Å²) in [4.78, 5) is 11.4. The number of sulfonamides is 1. The molecule has 0 aliphatic heterocycles. The number of hydrogen-bond donors (Lipinski definition) is 3. The molecule has 1 aromatic heterocycles. The van der Waals surface area contributed by atoms with Gasteiger partial charge in [-0.25, -0.2) is 21.9 Å². The lowest BCUT2D eigenvalue weighted by Gasteiger charge is -2.21. The number of amides is 1. The summed E-state index contributed by atoms with van der Waals surface area (Å²) in [6.45, 7) is 4.78. The molecule has 0 spiro atoms. The van der Waals surface area contributed by atoms with Crippen molar-refractivity contribution in [3.05, 3.63) is 47.4 Å². The molecule has 10 heteroatoms. The molecule has 142 valence electrons. The van der Waals surface area contributed by atoms with Crippen molar-refractivity contribution in [2.75, 3.05) is 5.32 Å². The van der Waals surface area contributed by atoms with Crippen LogP contribution in [0.15, 0.2) is 33.8 Å². The van der Waals surface area contributed by atoms with E-state index in [1.807, 2.05) is 0 Å². The van der Waals surface area contributed by atoms with Crippen molar-refractivity contribution < 1.29 is 26.4 Å². The van der Waals surface area contributed by atoms with E-state index >= 15 is 0 Å². The third-order valence-corrected chi connectivity index (χ3v) is 4.89. The molecular formula is C16H19F2N3O4S. The van der Waals surface area contributed by atoms with Gasteiger partial charge in [0.25, 0.3) is 5.91 Å². The fraction of sp³-hybridized carbons (Fsp3) is 0.312. The highest BCUT2D eigenvalue weighted by Gasteiger charge is 2.27. The Balaban J connectivity index is 2.37. The molecule has 0 saturated heterocycles. The van der Waals surface area contributed by atoms with Gasteiger partial charge in [0.2, 0.25) is 10.0 Å². The van der Waals surface area contributed by atoms with Gasteiger partial charge in [0.05, 0.1) is 17.8 Å². The molecule has 2 rings (SSSR count). The Morgan fingerprint density at radius 3 is 2.38 bits per heavy atom. The molecule has 0 aliphatic rings. The third-order valence-electron chi connectivity index (χ3n) is 3.12. The van der Waals surface area contributed by atoms with Gasteiger partial charge in [0, 0.05) is 11.6 Å². The predicted octanol–water partition coefficient (Wildman–Crippen LogP) is 2.35. The Morgan fingerprint density at radius 1 is 1.19 bits per heavy atom. The van der Waals surface area contributed by atoms with Gasteiger partial charge in [0.1, 0.15) is 28.6 Å². The van der Waals surface area contributed by atoms with Gasteiger partial charge in [0.15, 0.2) is 0 Å². The van der Waals surface area contributed by atoms with Gasteiger partial charge < -0.3 is 15.5 Å². The highest BCUT2D eigenvalue weighted by atomic mass is 32.2. The summed E-state index contributed by atoms with van der Waals surface area (Å²) in [7, 11) is -4.27. The quantitative estimate of drug-likeness (QED) is 0.729. The third kappa shape index (κ3) is 4.65. The van der Waals surface area contributed by atoms with Crippen molar-refractivity contribution >= 4 is 21.6 Å². The summed E-state index contributed by atoms with van der Waals surface area (Å²) in [5, 5.41) is 2.19. The van der Waals surface area contributed by atoms with Crippen LogP contribution in [0.1, 0.15) is 36.9 Å². The van der Waals surface area contributed by atoms with Crippen molar-refractivity contribution in [2.45, 2.75) is 37.8 Å². The lowest BCUT2D eigenvalue weighted by molar-refractivity contribution is 0.102. The van der Waals surface area contributed by atoms with Crippen molar-refractivity contribution in [3.63, 3.8) is 0 Å². The Morgan fingerprint density at radius 2 is 1.85 bits per heavy atom. The first-order chi connectivity index (χ1) is 11.9. The largest absolute Gasteiger partial charge is 0.467 e. The van der Waals surface area contributed by atoms with Gasteiger partial charge in [-0.15, -0.1) is 0 Å². The van der Waals surface area contributed by atoms with Gasteiger partial charge in [-0.3, -0.25) is 4.79 Å². The summed E-state index contributed by atoms with van der Waals surface area (Å²) < 4.78 is 59.9. The van der Waals surface area contributed by atoms with E-state index in [0.29, 0.717) is 11.8 Å². The van der Waals surface area contributed by atoms with Crippen LogP contribution in [0, 0.1) is 11.6 Å². The topological polar surface area (TPSA) is 114 Å². The maximum Gasteiger partial charge on any atom is 0.259 e. The summed E-state index contributed by atoms with van der Waals surface area (Å²) in [6, 6.07) is 2.48. The molecule has 4 N–H and O–H groups in total. The maximum atomic E-state index is 14.0. The molecule has 0 unspecified atom stereocenters. The van der Waals surface area contributed by atoms with Crippen LogP contribution in [0.4, 0.5) is 14.5 Å². The van der Waals surface area contributed by atoms with Gasteiger partial charge in [-0.05, 0) is 32.9 Å². The van der Waals surface area contributed by atoms with Crippen LogP contribution >= 0.6 is 0 Å². The Labute approximate surface area is 149 Å². The fourth-order valence-corrected chi connectivity index (χ4v) is 3.59. The minimum atomic E-state index is -4.27. The van der Waals surface area contributed by atoms with E-state index in [2.05, 4.69) is 10.0 Å². The Hall–Kier alpha value is -2.30. The van der Waals surface area contributed by atoms with Crippen LogP contribution in [0.3, 0.4) is 0 Å². The lowest BCUT2D eigenvalue weighted by Crippen LogP contribution is -2.40. The summed E-state index contributed by atoms with van der Waals surface area (Å²) in [6.07, 6.45) is 1.12. The van der Waals surface area contributed by atoms with Crippen LogP contribution in [-0.2, 0) is 16.6 Å². The molecule has 0 atom stereocenters. The molecule has 0 bridgehead atoms. The van der Waals surface area contributed by atoms with E-state index in [1.165, 1.54) is 6.07 Å². The van der Waals surface area contributed by atoms with Crippen LogP contribution in [0.25, 0.3) is 0 Å². The first kappa shape index (κ1) is 20.0. The van der Waals surface area contributed by atoms with Gasteiger partial charge in [-0.2, -0.15) is 0 Å². The van der Waals surface area contributed by atoms with E-state index in [-0.39, 0.29) is 12.1 Å². The molecule has 1 aromatic carbocycles. The average Bonchev–Trinajstić information content (AvgIpc) is 2.96. The van der Waals surface area contributed by atoms with Gasteiger partial charge >= 0.3 is 0 Å². The summed E-state index contributed by atoms with van der Waals surface area (Å²) in [5.41, 5.74) is 4.07. The first-order valence-electron chi connectivity index (χ1n) is 7.55. The molecule has 0 aliphatic carbocycles. The molecule has 7 nitrogen and oxygen atoms in total. The monoisotopic (exact) mass is 387 g/mol. The zero-order chi connectivity index (χ0) is 19.7. The van der Waals surface area contributed by atoms with E-state index in [4.69, 9.17) is 10.2 Å². The minimum absolute atomic E-state index is 0.0615. The molecule has 0 saturated carbocycles. The second-order valence-electron chi connectivity index (χ2n) is 6.58. The molecule has 0 radical (unpaired) electrons. The van der Waals surface area contributed by atoms with E-state index in [1.54, 1.807) is 20.8 Å². The second-order valence-corrected chi connectivity index (χ2v) is 8.23. The van der Waals surface area contributed by atoms with Crippen molar-refractivity contribution in [1.29, 1.82) is 0 Å². The normalized spacial score (nSPS) is 12.2. The van der Waals surface area contributed by atoms with Gasteiger partial charge in [-0.1, -0.05) is 0 Å². The first-order valence-corrected chi connectivity index (χ1v) is 9.03. The maximum absolute atomic E-state index is 14.0. The van der Waals surface area contributed by atoms with Crippen molar-refractivity contribution in [3.8, 4) is 0 Å². The van der Waals surface area contributed by atoms with Crippen LogP contribution in [0.5, 0.6) is 0 Å². The SMILES string of the molecule is CC(C)(C)NS(=O)(=O)c1cc(NC(=O)c2coc(CN)c2)c(F)cc1F. The summed E-state index contributed by atoms with van der Waals surface area (Å²) >= 11 is 0. The number of halogens is 2. The number of benzene rings is 1. The van der Waals surface area contributed by atoms with Crippen molar-refractivity contribution in [2.24, 2.45) is 5.73 Å². The average molecular weight is 387 g/mol. The summed E-state index contributed by atoms with van der Waals surface area (Å²) in [5.74, 6) is -2.81. The molecule has 0 fully saturated rings. The second kappa shape index (κ2) is 7.14. The molecule has 26 heavy (non-hydrogen) atoms. The van der Waals surface area contributed by atoms with Crippen LogP contribution < -0.4 is 15.8 Å². The Bertz CT molecular complexity index is 933. The number of nitrogens with two attached hydrogens (primary N) is 1. The lowest BCUT2D eigenvalue weighted by atomic mass is 10.1. The van der Waals surface area contributed by atoms with Crippen LogP contribution in [0.2, 0.25) is 0 Å². The standard InChI is InChI=1S/C16H19F2N3O4S/c1-16(2,3)21-26(23,24)14-6-13(11(17)5-12(14)18)20-15(22)9-4-10(7-19)25-8-9/h4-6,8,21H,7,19H2,1-3H3,(H,20,22). The molecule has 1 amide bonds. The fourth-order valence-electron chi connectivity index (χ4n) is 2.09. The smallest absolute Gasteiger partial charge is 0.259 e. The van der Waals surface area contributed by atoms with Crippen LogP contribution in [-0.4, -0.2) is 19.9 Å². The zero-order valence-electron chi connectivity index (χ0n) is 14.4. The zero-order valence-corrected chi connectivity index (χ0v) is 15.2. The van der Waals surface area contributed by atoms with E-state index < -0.39 is 43.7 Å². The van der Waals surface area contributed by atoms with E-state index in [0.717, 1.165) is 12.3 Å². The van der Waals surface area contributed by atoms with Crippen molar-refractivity contribution in [1.82, 2.24) is 4.72 Å². The molecule has 2 aromatic rings.